The van der Waals surface area contributed by atoms with E-state index in [0.29, 0.717) is 19.5 Å². The number of nitrogens with zero attached hydrogens (tertiary/aromatic N) is 3. The zero-order valence-corrected chi connectivity index (χ0v) is 14.6. The van der Waals surface area contributed by atoms with Gasteiger partial charge in [0.25, 0.3) is 0 Å². The van der Waals surface area contributed by atoms with Crippen LogP contribution in [0.3, 0.4) is 0 Å². The van der Waals surface area contributed by atoms with Crippen LogP contribution in [0, 0.1) is 0 Å². The molecule has 7 heteroatoms. The highest BCUT2D eigenvalue weighted by atomic mass is 32.2. The van der Waals surface area contributed by atoms with Crippen molar-refractivity contribution in [3.8, 4) is 0 Å². The Labute approximate surface area is 138 Å². The van der Waals surface area contributed by atoms with E-state index in [2.05, 4.69) is 31.6 Å². The first kappa shape index (κ1) is 16.7. The van der Waals surface area contributed by atoms with Gasteiger partial charge in [-0.2, -0.15) is 0 Å². The van der Waals surface area contributed by atoms with E-state index in [1.807, 2.05) is 13.1 Å². The van der Waals surface area contributed by atoms with E-state index in [4.69, 9.17) is 0 Å². The predicted octanol–water partition coefficient (Wildman–Crippen LogP) is 1.20. The lowest BCUT2D eigenvalue weighted by molar-refractivity contribution is 0.331. The first-order chi connectivity index (χ1) is 11.1. The van der Waals surface area contributed by atoms with Gasteiger partial charge in [-0.3, -0.25) is 4.90 Å². The topological polar surface area (TPSA) is 65.5 Å². The monoisotopic (exact) mass is 338 g/mol. The van der Waals surface area contributed by atoms with Crippen LogP contribution in [-0.4, -0.2) is 56.3 Å². The third-order valence-electron chi connectivity index (χ3n) is 4.66. The smallest absolute Gasteiger partial charge is 0.215 e. The molecule has 0 saturated carbocycles. The minimum absolute atomic E-state index is 0.292. The molecule has 1 aromatic rings. The Morgan fingerprint density at radius 3 is 2.70 bits per heavy atom. The van der Waals surface area contributed by atoms with Crippen molar-refractivity contribution in [1.29, 1.82) is 0 Å². The lowest BCUT2D eigenvalue weighted by Gasteiger charge is -2.18. The molecule has 6 nitrogen and oxygen atoms in total. The number of likely N-dealkylation sites (tertiary alicyclic amines) is 1. The summed E-state index contributed by atoms with van der Waals surface area (Å²) >= 11 is 0. The van der Waals surface area contributed by atoms with E-state index in [1.165, 1.54) is 12.8 Å². The van der Waals surface area contributed by atoms with Gasteiger partial charge in [-0.05, 0) is 37.4 Å². The first-order valence-corrected chi connectivity index (χ1v) is 10.0. The van der Waals surface area contributed by atoms with Gasteiger partial charge in [0.05, 0.1) is 5.25 Å². The molecule has 1 aromatic heterocycles. The van der Waals surface area contributed by atoms with E-state index in [9.17, 15) is 8.42 Å². The second-order valence-electron chi connectivity index (χ2n) is 6.41. The van der Waals surface area contributed by atoms with Crippen molar-refractivity contribution in [2.45, 2.75) is 38.0 Å². The highest BCUT2D eigenvalue weighted by Crippen LogP contribution is 2.21. The van der Waals surface area contributed by atoms with Crippen LogP contribution in [0.25, 0.3) is 0 Å². The summed E-state index contributed by atoms with van der Waals surface area (Å²) in [6.45, 7) is 6.67. The fraction of sp³-hybridized carbons (Fsp3) is 0.688. The van der Waals surface area contributed by atoms with Crippen molar-refractivity contribution in [2.24, 2.45) is 0 Å². The molecule has 0 radical (unpaired) electrons. The quantitative estimate of drug-likeness (QED) is 0.844. The third-order valence-corrected chi connectivity index (χ3v) is 6.61. The van der Waals surface area contributed by atoms with E-state index < -0.39 is 10.0 Å². The van der Waals surface area contributed by atoms with Gasteiger partial charge in [0, 0.05) is 38.9 Å². The van der Waals surface area contributed by atoms with Gasteiger partial charge in [0.15, 0.2) is 0 Å². The molecule has 1 N–H and O–H groups in total. The molecule has 0 amide bonds. The lowest BCUT2D eigenvalue weighted by Crippen LogP contribution is -2.36. The number of rotatable bonds is 6. The average Bonchev–Trinajstić information content (AvgIpc) is 3.19. The van der Waals surface area contributed by atoms with Gasteiger partial charge in [0.2, 0.25) is 10.0 Å². The van der Waals surface area contributed by atoms with E-state index >= 15 is 0 Å². The molecule has 3 rings (SSSR count). The van der Waals surface area contributed by atoms with Gasteiger partial charge in [0.1, 0.15) is 5.82 Å². The summed E-state index contributed by atoms with van der Waals surface area (Å²) in [6, 6.07) is 4.20. The van der Waals surface area contributed by atoms with Crippen LogP contribution in [-0.2, 0) is 16.6 Å². The molecule has 1 unspecified atom stereocenters. The number of hydrogen-bond donors (Lipinski definition) is 1. The zero-order chi connectivity index (χ0) is 16.3. The molecule has 2 aliphatic rings. The molecule has 128 valence electrons. The highest BCUT2D eigenvalue weighted by molar-refractivity contribution is 7.90. The zero-order valence-electron chi connectivity index (χ0n) is 13.7. The Morgan fingerprint density at radius 2 is 2.04 bits per heavy atom. The number of anilines is 1. The average molecular weight is 338 g/mol. The molecule has 0 spiro atoms. The third kappa shape index (κ3) is 4.02. The molecule has 0 aromatic carbocycles. The maximum absolute atomic E-state index is 12.1. The fourth-order valence-corrected chi connectivity index (χ4v) is 4.88. The summed E-state index contributed by atoms with van der Waals surface area (Å²) in [5.74, 6) is 1.06. The van der Waals surface area contributed by atoms with Crippen LogP contribution in [0.4, 0.5) is 5.82 Å². The number of pyridine rings is 1. The fourth-order valence-electron chi connectivity index (χ4n) is 3.41. The van der Waals surface area contributed by atoms with Crippen LogP contribution >= 0.6 is 0 Å². The summed E-state index contributed by atoms with van der Waals surface area (Å²) in [4.78, 5) is 9.09. The summed E-state index contributed by atoms with van der Waals surface area (Å²) < 4.78 is 26.7. The van der Waals surface area contributed by atoms with Crippen LogP contribution in [0.5, 0.6) is 0 Å². The summed E-state index contributed by atoms with van der Waals surface area (Å²) in [7, 11) is -3.17. The van der Waals surface area contributed by atoms with Crippen LogP contribution < -0.4 is 9.62 Å². The predicted molar refractivity (Wildman–Crippen MR) is 92.0 cm³/mol. The summed E-state index contributed by atoms with van der Waals surface area (Å²) in [6.07, 6.45) is 5.13. The van der Waals surface area contributed by atoms with E-state index in [1.54, 1.807) is 0 Å². The Kier molecular flexibility index (Phi) is 5.18. The van der Waals surface area contributed by atoms with Gasteiger partial charge in [-0.15, -0.1) is 0 Å². The maximum atomic E-state index is 12.1. The Morgan fingerprint density at radius 1 is 1.26 bits per heavy atom. The van der Waals surface area contributed by atoms with Crippen molar-refractivity contribution in [3.63, 3.8) is 0 Å². The molecule has 23 heavy (non-hydrogen) atoms. The van der Waals surface area contributed by atoms with Gasteiger partial charge in [-0.1, -0.05) is 13.0 Å². The van der Waals surface area contributed by atoms with Gasteiger partial charge < -0.3 is 4.90 Å². The molecule has 3 heterocycles. The summed E-state index contributed by atoms with van der Waals surface area (Å²) in [5.41, 5.74) is 1.15. The summed E-state index contributed by atoms with van der Waals surface area (Å²) in [5, 5.41) is -0.292. The first-order valence-electron chi connectivity index (χ1n) is 8.49. The standard InChI is InChI=1S/C16H26N4O2S/c1-2-18-23(21,22)15-7-10-19(13-15)12-14-5-6-16(17-11-14)20-8-3-4-9-20/h5-6,11,15,18H,2-4,7-10,12-13H2,1H3. The van der Waals surface area contributed by atoms with Crippen molar-refractivity contribution >= 4 is 15.8 Å². The second-order valence-corrected chi connectivity index (χ2v) is 8.45. The molecular weight excluding hydrogens is 312 g/mol. The van der Waals surface area contributed by atoms with Crippen molar-refractivity contribution in [3.05, 3.63) is 23.9 Å². The second kappa shape index (κ2) is 7.15. The SMILES string of the molecule is CCNS(=O)(=O)C1CCN(Cc2ccc(N3CCCC3)nc2)C1. The highest BCUT2D eigenvalue weighted by Gasteiger charge is 2.32. The molecule has 2 aliphatic heterocycles. The number of sulfonamides is 1. The molecular formula is C16H26N4O2S. The maximum Gasteiger partial charge on any atom is 0.215 e. The van der Waals surface area contributed by atoms with E-state index in [0.717, 1.165) is 37.6 Å². The molecule has 2 fully saturated rings. The van der Waals surface area contributed by atoms with Crippen molar-refractivity contribution < 1.29 is 8.42 Å². The molecule has 0 bridgehead atoms. The normalized spacial score (nSPS) is 22.8. The van der Waals surface area contributed by atoms with Crippen LogP contribution in [0.2, 0.25) is 0 Å². The molecule has 2 saturated heterocycles. The number of nitrogens with one attached hydrogen (secondary N) is 1. The Balaban J connectivity index is 1.56. The number of hydrogen-bond acceptors (Lipinski definition) is 5. The molecule has 1 atom stereocenters. The minimum atomic E-state index is -3.17. The minimum Gasteiger partial charge on any atom is -0.357 e. The van der Waals surface area contributed by atoms with Gasteiger partial charge >= 0.3 is 0 Å². The Bertz CT molecular complexity index is 611. The van der Waals surface area contributed by atoms with E-state index in [-0.39, 0.29) is 5.25 Å². The van der Waals surface area contributed by atoms with Crippen molar-refractivity contribution in [1.82, 2.24) is 14.6 Å². The number of aromatic nitrogens is 1. The van der Waals surface area contributed by atoms with Crippen LogP contribution in [0.15, 0.2) is 18.3 Å². The van der Waals surface area contributed by atoms with Crippen molar-refractivity contribution in [2.75, 3.05) is 37.6 Å². The Hall–Kier alpha value is -1.18. The lowest BCUT2D eigenvalue weighted by atomic mass is 10.2. The molecule has 0 aliphatic carbocycles. The largest absolute Gasteiger partial charge is 0.357 e. The van der Waals surface area contributed by atoms with Crippen LogP contribution in [0.1, 0.15) is 31.7 Å². The van der Waals surface area contributed by atoms with Gasteiger partial charge in [-0.25, -0.2) is 18.1 Å².